The molecule has 1 aromatic rings. The highest BCUT2D eigenvalue weighted by Crippen LogP contribution is 2.32. The summed E-state index contributed by atoms with van der Waals surface area (Å²) in [5.41, 5.74) is -0.931. The van der Waals surface area contributed by atoms with Gasteiger partial charge in [-0.05, 0) is 24.7 Å². The third-order valence-corrected chi connectivity index (χ3v) is 3.62. The molecule has 0 saturated heterocycles. The Labute approximate surface area is 116 Å². The average molecular weight is 288 g/mol. The topological polar surface area (TPSA) is 49.8 Å². The zero-order chi connectivity index (χ0) is 14.8. The van der Waals surface area contributed by atoms with Gasteiger partial charge in [-0.2, -0.15) is 18.2 Å². The number of alkyl halides is 3. The molecular formula is C13H19F3N4. The van der Waals surface area contributed by atoms with Crippen LogP contribution in [0.1, 0.15) is 31.9 Å². The van der Waals surface area contributed by atoms with Crippen LogP contribution in [0.5, 0.6) is 0 Å². The van der Waals surface area contributed by atoms with E-state index in [0.717, 1.165) is 18.9 Å². The fraction of sp³-hybridized carbons (Fsp3) is 0.692. The van der Waals surface area contributed by atoms with Crippen LogP contribution in [0.2, 0.25) is 0 Å². The van der Waals surface area contributed by atoms with Gasteiger partial charge in [-0.25, -0.2) is 4.98 Å². The first-order valence-corrected chi connectivity index (χ1v) is 6.76. The highest BCUT2D eigenvalue weighted by molar-refractivity contribution is 5.42. The second-order valence-electron chi connectivity index (χ2n) is 5.37. The minimum Gasteiger partial charge on any atom is -0.370 e. The second-order valence-corrected chi connectivity index (χ2v) is 5.37. The van der Waals surface area contributed by atoms with Crippen molar-refractivity contribution in [3.8, 4) is 0 Å². The van der Waals surface area contributed by atoms with Crippen LogP contribution in [0.25, 0.3) is 0 Å². The summed E-state index contributed by atoms with van der Waals surface area (Å²) < 4.78 is 38.2. The molecule has 0 bridgehead atoms. The number of aromatic nitrogens is 2. The summed E-state index contributed by atoms with van der Waals surface area (Å²) >= 11 is 0. The van der Waals surface area contributed by atoms with Gasteiger partial charge < -0.3 is 10.6 Å². The van der Waals surface area contributed by atoms with Gasteiger partial charge in [0.15, 0.2) is 5.69 Å². The van der Waals surface area contributed by atoms with Gasteiger partial charge in [0.1, 0.15) is 5.82 Å². The number of hydrogen-bond donors (Lipinski definition) is 2. The Morgan fingerprint density at radius 2 is 2.05 bits per heavy atom. The largest absolute Gasteiger partial charge is 0.433 e. The second kappa shape index (κ2) is 5.85. The van der Waals surface area contributed by atoms with Crippen molar-refractivity contribution < 1.29 is 13.2 Å². The van der Waals surface area contributed by atoms with E-state index in [2.05, 4.69) is 27.5 Å². The standard InChI is InChI=1S/C13H19F3N4/c1-8-3-4-9(5-8)7-18-11-6-10(13(14,15)16)19-12(17-2)20-11/h6,8-9H,3-5,7H2,1-2H3,(H2,17,18,19,20). The molecule has 1 aliphatic carbocycles. The zero-order valence-corrected chi connectivity index (χ0v) is 11.6. The monoisotopic (exact) mass is 288 g/mol. The maximum Gasteiger partial charge on any atom is 0.433 e. The average Bonchev–Trinajstić information content (AvgIpc) is 2.81. The van der Waals surface area contributed by atoms with Crippen molar-refractivity contribution in [2.24, 2.45) is 11.8 Å². The zero-order valence-electron chi connectivity index (χ0n) is 11.6. The molecule has 1 fully saturated rings. The van der Waals surface area contributed by atoms with Crippen LogP contribution >= 0.6 is 0 Å². The third kappa shape index (κ3) is 3.74. The summed E-state index contributed by atoms with van der Waals surface area (Å²) in [5, 5.41) is 5.56. The van der Waals surface area contributed by atoms with Crippen LogP contribution in [0.15, 0.2) is 6.07 Å². The summed E-state index contributed by atoms with van der Waals surface area (Å²) in [6.07, 6.45) is -1.05. The molecule has 7 heteroatoms. The van der Waals surface area contributed by atoms with Gasteiger partial charge in [0.05, 0.1) is 0 Å². The predicted octanol–water partition coefficient (Wildman–Crippen LogP) is 3.39. The Morgan fingerprint density at radius 3 is 2.60 bits per heavy atom. The number of rotatable bonds is 4. The SMILES string of the molecule is CNc1nc(NCC2CCC(C)C2)cc(C(F)(F)F)n1. The van der Waals surface area contributed by atoms with Crippen LogP contribution in [0, 0.1) is 11.8 Å². The number of halogens is 3. The van der Waals surface area contributed by atoms with Gasteiger partial charge in [-0.1, -0.05) is 13.3 Å². The van der Waals surface area contributed by atoms with E-state index in [1.54, 1.807) is 0 Å². The predicted molar refractivity (Wildman–Crippen MR) is 71.6 cm³/mol. The molecule has 0 aromatic carbocycles. The van der Waals surface area contributed by atoms with Gasteiger partial charge >= 0.3 is 6.18 Å². The van der Waals surface area contributed by atoms with Crippen LogP contribution in [-0.4, -0.2) is 23.6 Å². The molecule has 1 heterocycles. The minimum absolute atomic E-state index is 0.0258. The molecule has 2 N–H and O–H groups in total. The van der Waals surface area contributed by atoms with Crippen LogP contribution in [0.4, 0.5) is 24.9 Å². The van der Waals surface area contributed by atoms with Crippen molar-refractivity contribution in [3.63, 3.8) is 0 Å². The minimum atomic E-state index is -4.47. The van der Waals surface area contributed by atoms with Crippen LogP contribution in [0.3, 0.4) is 0 Å². The van der Waals surface area contributed by atoms with Gasteiger partial charge in [0, 0.05) is 19.7 Å². The molecule has 4 nitrogen and oxygen atoms in total. The molecular weight excluding hydrogens is 269 g/mol. The Balaban J connectivity index is 2.07. The summed E-state index contributed by atoms with van der Waals surface area (Å²) in [4.78, 5) is 7.44. The summed E-state index contributed by atoms with van der Waals surface area (Å²) in [6.45, 7) is 2.85. The van der Waals surface area contributed by atoms with Crippen molar-refractivity contribution in [2.45, 2.75) is 32.4 Å². The van der Waals surface area contributed by atoms with E-state index < -0.39 is 11.9 Å². The fourth-order valence-corrected chi connectivity index (χ4v) is 2.55. The molecule has 0 aliphatic heterocycles. The molecule has 20 heavy (non-hydrogen) atoms. The third-order valence-electron chi connectivity index (χ3n) is 3.62. The molecule has 1 aromatic heterocycles. The molecule has 1 aliphatic rings. The molecule has 0 amide bonds. The Morgan fingerprint density at radius 1 is 1.30 bits per heavy atom. The first kappa shape index (κ1) is 14.9. The maximum absolute atomic E-state index is 12.7. The van der Waals surface area contributed by atoms with Crippen LogP contribution in [-0.2, 0) is 6.18 Å². The lowest BCUT2D eigenvalue weighted by atomic mass is 10.1. The van der Waals surface area contributed by atoms with Crippen molar-refractivity contribution in [3.05, 3.63) is 11.8 Å². The highest BCUT2D eigenvalue weighted by atomic mass is 19.4. The van der Waals surface area contributed by atoms with E-state index in [1.807, 2.05) is 0 Å². The van der Waals surface area contributed by atoms with E-state index in [-0.39, 0.29) is 11.8 Å². The Hall–Kier alpha value is -1.53. The van der Waals surface area contributed by atoms with Gasteiger partial charge in [0.25, 0.3) is 0 Å². The van der Waals surface area contributed by atoms with Gasteiger partial charge in [-0.15, -0.1) is 0 Å². The smallest absolute Gasteiger partial charge is 0.370 e. The molecule has 0 radical (unpaired) electrons. The summed E-state index contributed by atoms with van der Waals surface area (Å²) in [5.74, 6) is 1.40. The summed E-state index contributed by atoms with van der Waals surface area (Å²) in [7, 11) is 1.50. The van der Waals surface area contributed by atoms with Gasteiger partial charge in [-0.3, -0.25) is 0 Å². The van der Waals surface area contributed by atoms with E-state index in [1.165, 1.54) is 13.5 Å². The number of anilines is 2. The summed E-state index contributed by atoms with van der Waals surface area (Å²) in [6, 6.07) is 0.958. The first-order valence-electron chi connectivity index (χ1n) is 6.76. The molecule has 1 saturated carbocycles. The quantitative estimate of drug-likeness (QED) is 0.891. The number of nitrogens with one attached hydrogen (secondary N) is 2. The Bertz CT molecular complexity index is 461. The normalized spacial score (nSPS) is 22.9. The van der Waals surface area contributed by atoms with Gasteiger partial charge in [0.2, 0.25) is 5.95 Å². The number of nitrogens with zero attached hydrogens (tertiary/aromatic N) is 2. The maximum atomic E-state index is 12.7. The lowest BCUT2D eigenvalue weighted by Gasteiger charge is -2.14. The fourth-order valence-electron chi connectivity index (χ4n) is 2.55. The van der Waals surface area contributed by atoms with Crippen molar-refractivity contribution in [2.75, 3.05) is 24.2 Å². The molecule has 0 spiro atoms. The lowest BCUT2D eigenvalue weighted by molar-refractivity contribution is -0.141. The van der Waals surface area contributed by atoms with Crippen molar-refractivity contribution in [1.82, 2.24) is 9.97 Å². The van der Waals surface area contributed by atoms with E-state index in [4.69, 9.17) is 0 Å². The van der Waals surface area contributed by atoms with Crippen molar-refractivity contribution >= 4 is 11.8 Å². The van der Waals surface area contributed by atoms with E-state index in [0.29, 0.717) is 18.4 Å². The van der Waals surface area contributed by atoms with E-state index >= 15 is 0 Å². The number of hydrogen-bond acceptors (Lipinski definition) is 4. The highest BCUT2D eigenvalue weighted by Gasteiger charge is 2.33. The van der Waals surface area contributed by atoms with Crippen LogP contribution < -0.4 is 10.6 Å². The molecule has 2 rings (SSSR count). The lowest BCUT2D eigenvalue weighted by Crippen LogP contribution is -2.16. The molecule has 2 atom stereocenters. The molecule has 112 valence electrons. The molecule has 2 unspecified atom stereocenters. The Kier molecular flexibility index (Phi) is 4.35. The first-order chi connectivity index (χ1) is 9.38. The van der Waals surface area contributed by atoms with E-state index in [9.17, 15) is 13.2 Å². The van der Waals surface area contributed by atoms with Crippen molar-refractivity contribution in [1.29, 1.82) is 0 Å².